The van der Waals surface area contributed by atoms with Gasteiger partial charge in [0.1, 0.15) is 11.5 Å². The molecule has 2 aromatic heterocycles. The average molecular weight is 407 g/mol. The highest BCUT2D eigenvalue weighted by atomic mass is 16.1. The number of hydrogen-bond donors (Lipinski definition) is 1. The van der Waals surface area contributed by atoms with Gasteiger partial charge in [0.15, 0.2) is 0 Å². The molecule has 3 aromatic rings. The van der Waals surface area contributed by atoms with Gasteiger partial charge in [-0.2, -0.15) is 0 Å². The van der Waals surface area contributed by atoms with Crippen LogP contribution in [0, 0.1) is 0 Å². The topological polar surface area (TPSA) is 59.8 Å². The van der Waals surface area contributed by atoms with Gasteiger partial charge in [0.25, 0.3) is 5.91 Å². The first kappa shape index (κ1) is 22.0. The maximum Gasteiger partial charge on any atom is 0.270 e. The van der Waals surface area contributed by atoms with Crippen molar-refractivity contribution in [2.45, 2.75) is 77.8 Å². The van der Waals surface area contributed by atoms with Gasteiger partial charge in [0.2, 0.25) is 0 Å². The number of rotatable bonds is 12. The summed E-state index contributed by atoms with van der Waals surface area (Å²) in [7, 11) is 0. The van der Waals surface area contributed by atoms with E-state index >= 15 is 0 Å². The third kappa shape index (κ3) is 5.91. The number of nitrogens with zero attached hydrogens (tertiary/aromatic N) is 3. The summed E-state index contributed by atoms with van der Waals surface area (Å²) in [6.07, 6.45) is 12.0. The van der Waals surface area contributed by atoms with Gasteiger partial charge < -0.3 is 9.88 Å². The Kier molecular flexibility index (Phi) is 8.42. The molecule has 0 bridgehead atoms. The Morgan fingerprint density at radius 2 is 1.67 bits per heavy atom. The zero-order chi connectivity index (χ0) is 21.2. The Morgan fingerprint density at radius 1 is 0.967 bits per heavy atom. The molecule has 1 atom stereocenters. The van der Waals surface area contributed by atoms with Gasteiger partial charge in [-0.05, 0) is 37.6 Å². The molecule has 0 fully saturated rings. The molecule has 1 N–H and O–H groups in total. The number of carbonyl (C=O) groups is 1. The summed E-state index contributed by atoms with van der Waals surface area (Å²) in [5.41, 5.74) is 2.54. The quantitative estimate of drug-likeness (QED) is 0.372. The normalized spacial score (nSPS) is 12.2. The maximum atomic E-state index is 12.6. The number of amides is 1. The highest BCUT2D eigenvalue weighted by molar-refractivity contribution is 5.92. The van der Waals surface area contributed by atoms with Crippen molar-refractivity contribution in [2.75, 3.05) is 0 Å². The summed E-state index contributed by atoms with van der Waals surface area (Å²) in [4.78, 5) is 21.5. The lowest BCUT2D eigenvalue weighted by Crippen LogP contribution is -2.29. The first-order valence-corrected chi connectivity index (χ1v) is 11.4. The second-order valence-corrected chi connectivity index (χ2v) is 8.00. The number of fused-ring (bicyclic) bond motifs is 1. The summed E-state index contributed by atoms with van der Waals surface area (Å²) >= 11 is 0. The molecule has 0 aliphatic rings. The van der Waals surface area contributed by atoms with E-state index in [0.717, 1.165) is 29.8 Å². The van der Waals surface area contributed by atoms with E-state index in [0.29, 0.717) is 5.69 Å². The molecule has 30 heavy (non-hydrogen) atoms. The van der Waals surface area contributed by atoms with Crippen molar-refractivity contribution >= 4 is 16.9 Å². The van der Waals surface area contributed by atoms with Crippen molar-refractivity contribution in [3.63, 3.8) is 0 Å². The zero-order valence-corrected chi connectivity index (χ0v) is 18.3. The van der Waals surface area contributed by atoms with Crippen molar-refractivity contribution in [1.29, 1.82) is 0 Å². The Labute approximate surface area is 179 Å². The largest absolute Gasteiger partial charge is 0.341 e. The van der Waals surface area contributed by atoms with E-state index in [9.17, 15) is 4.79 Å². The Bertz CT molecular complexity index is 919. The molecule has 0 aliphatic heterocycles. The van der Waals surface area contributed by atoms with Crippen LogP contribution in [0.2, 0.25) is 0 Å². The molecule has 0 radical (unpaired) electrons. The standard InChI is InChI=1S/C25H34N4O/c1-3-4-5-6-7-8-9-14-19-29-23-17-11-10-15-21(23)28-24(29)20(2)27-25(30)22-16-12-13-18-26-22/h10-13,15-18,20H,3-9,14,19H2,1-2H3,(H,27,30). The third-order valence-corrected chi connectivity index (χ3v) is 5.55. The molecule has 2 heterocycles. The van der Waals surface area contributed by atoms with E-state index in [1.807, 2.05) is 31.2 Å². The van der Waals surface area contributed by atoms with Crippen LogP contribution in [0.15, 0.2) is 48.7 Å². The fourth-order valence-corrected chi connectivity index (χ4v) is 3.90. The predicted molar refractivity (Wildman–Crippen MR) is 122 cm³/mol. The van der Waals surface area contributed by atoms with Crippen molar-refractivity contribution in [2.24, 2.45) is 0 Å². The highest BCUT2D eigenvalue weighted by Crippen LogP contribution is 2.22. The second kappa shape index (κ2) is 11.5. The first-order valence-electron chi connectivity index (χ1n) is 11.4. The molecule has 0 saturated carbocycles. The van der Waals surface area contributed by atoms with E-state index in [2.05, 4.69) is 33.9 Å². The Morgan fingerprint density at radius 3 is 2.40 bits per heavy atom. The Balaban J connectivity index is 1.63. The summed E-state index contributed by atoms with van der Waals surface area (Å²) in [6.45, 7) is 5.17. The summed E-state index contributed by atoms with van der Waals surface area (Å²) < 4.78 is 2.27. The lowest BCUT2D eigenvalue weighted by atomic mass is 10.1. The van der Waals surface area contributed by atoms with Crippen molar-refractivity contribution in [1.82, 2.24) is 19.9 Å². The molecule has 160 valence electrons. The summed E-state index contributed by atoms with van der Waals surface area (Å²) in [6, 6.07) is 13.4. The minimum absolute atomic E-state index is 0.172. The molecule has 3 rings (SSSR count). The highest BCUT2D eigenvalue weighted by Gasteiger charge is 2.19. The van der Waals surface area contributed by atoms with Crippen LogP contribution in [0.3, 0.4) is 0 Å². The monoisotopic (exact) mass is 406 g/mol. The number of benzene rings is 1. The minimum atomic E-state index is -0.194. The lowest BCUT2D eigenvalue weighted by Gasteiger charge is -2.16. The fraction of sp³-hybridized carbons (Fsp3) is 0.480. The van der Waals surface area contributed by atoms with Gasteiger partial charge in [-0.25, -0.2) is 4.98 Å². The lowest BCUT2D eigenvalue weighted by molar-refractivity contribution is 0.0932. The fourth-order valence-electron chi connectivity index (χ4n) is 3.90. The van der Waals surface area contributed by atoms with Crippen LogP contribution in [0.1, 0.15) is 87.6 Å². The van der Waals surface area contributed by atoms with E-state index in [4.69, 9.17) is 4.98 Å². The minimum Gasteiger partial charge on any atom is -0.341 e. The number of pyridine rings is 1. The van der Waals surface area contributed by atoms with Crippen molar-refractivity contribution < 1.29 is 4.79 Å². The maximum absolute atomic E-state index is 12.6. The summed E-state index contributed by atoms with van der Waals surface area (Å²) in [5.74, 6) is 0.734. The number of para-hydroxylation sites is 2. The van der Waals surface area contributed by atoms with Crippen molar-refractivity contribution in [3.05, 3.63) is 60.2 Å². The molecule has 5 nitrogen and oxygen atoms in total. The molecule has 0 spiro atoms. The molecular weight excluding hydrogens is 372 g/mol. The van der Waals surface area contributed by atoms with Crippen LogP contribution in [-0.2, 0) is 6.54 Å². The van der Waals surface area contributed by atoms with Gasteiger partial charge in [-0.1, -0.05) is 70.1 Å². The summed E-state index contributed by atoms with van der Waals surface area (Å²) in [5, 5.41) is 3.06. The van der Waals surface area contributed by atoms with Crippen LogP contribution in [-0.4, -0.2) is 20.4 Å². The van der Waals surface area contributed by atoms with E-state index < -0.39 is 0 Å². The number of carbonyl (C=O) groups excluding carboxylic acids is 1. The van der Waals surface area contributed by atoms with Crippen LogP contribution < -0.4 is 5.32 Å². The van der Waals surface area contributed by atoms with Crippen LogP contribution in [0.25, 0.3) is 11.0 Å². The molecular formula is C25H34N4O. The smallest absolute Gasteiger partial charge is 0.270 e. The average Bonchev–Trinajstić information content (AvgIpc) is 3.15. The number of unbranched alkanes of at least 4 members (excludes halogenated alkanes) is 7. The molecule has 1 amide bonds. The molecule has 0 saturated heterocycles. The SMILES string of the molecule is CCCCCCCCCCn1c(C(C)NC(=O)c2ccccn2)nc2ccccc21. The van der Waals surface area contributed by atoms with E-state index in [1.54, 1.807) is 12.3 Å². The van der Waals surface area contributed by atoms with Crippen LogP contribution in [0.5, 0.6) is 0 Å². The molecule has 0 aliphatic carbocycles. The van der Waals surface area contributed by atoms with Crippen LogP contribution in [0.4, 0.5) is 0 Å². The number of imidazole rings is 1. The van der Waals surface area contributed by atoms with Gasteiger partial charge in [-0.3, -0.25) is 9.78 Å². The number of nitrogens with one attached hydrogen (secondary N) is 1. The number of hydrogen-bond acceptors (Lipinski definition) is 3. The molecule has 1 unspecified atom stereocenters. The van der Waals surface area contributed by atoms with E-state index in [-0.39, 0.29) is 11.9 Å². The van der Waals surface area contributed by atoms with Gasteiger partial charge >= 0.3 is 0 Å². The van der Waals surface area contributed by atoms with Gasteiger partial charge in [0, 0.05) is 12.7 Å². The molecule has 5 heteroatoms. The third-order valence-electron chi connectivity index (χ3n) is 5.55. The predicted octanol–water partition coefficient (Wildman–Crippen LogP) is 6.06. The van der Waals surface area contributed by atoms with E-state index in [1.165, 1.54) is 44.9 Å². The second-order valence-electron chi connectivity index (χ2n) is 8.00. The zero-order valence-electron chi connectivity index (χ0n) is 18.3. The molecule has 1 aromatic carbocycles. The van der Waals surface area contributed by atoms with Crippen molar-refractivity contribution in [3.8, 4) is 0 Å². The van der Waals surface area contributed by atoms with Gasteiger partial charge in [0.05, 0.1) is 17.1 Å². The first-order chi connectivity index (χ1) is 14.7. The number of aryl methyl sites for hydroxylation is 1. The number of aromatic nitrogens is 3. The van der Waals surface area contributed by atoms with Gasteiger partial charge in [-0.15, -0.1) is 0 Å². The Hall–Kier alpha value is -2.69. The van der Waals surface area contributed by atoms with Crippen LogP contribution >= 0.6 is 0 Å².